The Morgan fingerprint density at radius 1 is 0.680 bits per heavy atom. The van der Waals surface area contributed by atoms with Gasteiger partial charge in [-0.05, 0) is 75.6 Å². The van der Waals surface area contributed by atoms with Crippen molar-refractivity contribution in [3.8, 4) is 0 Å². The fourth-order valence-electron chi connectivity index (χ4n) is 3.49. The maximum Gasteiger partial charge on any atom is -0.00136 e. The average Bonchev–Trinajstić information content (AvgIpc) is 2.88. The van der Waals surface area contributed by atoms with Crippen molar-refractivity contribution in [1.29, 1.82) is 0 Å². The van der Waals surface area contributed by atoms with Crippen LogP contribution in [0.3, 0.4) is 0 Å². The molecular weight excluding hydrogens is 300 g/mol. The first-order valence-electron chi connectivity index (χ1n) is 9.42. The summed E-state index contributed by atoms with van der Waals surface area (Å²) in [7, 11) is 0. The molecule has 0 aliphatic heterocycles. The highest BCUT2D eigenvalue weighted by Gasteiger charge is 2.23. The van der Waals surface area contributed by atoms with Gasteiger partial charge in [-0.3, -0.25) is 0 Å². The van der Waals surface area contributed by atoms with Crippen LogP contribution < -0.4 is 0 Å². The summed E-state index contributed by atoms with van der Waals surface area (Å²) < 4.78 is 0. The Morgan fingerprint density at radius 2 is 1.20 bits per heavy atom. The van der Waals surface area contributed by atoms with E-state index >= 15 is 0 Å². The van der Waals surface area contributed by atoms with Crippen LogP contribution in [-0.2, 0) is 17.3 Å². The molecule has 0 amide bonds. The number of rotatable bonds is 1. The molecule has 0 nitrogen and oxygen atoms in total. The highest BCUT2D eigenvalue weighted by Crippen LogP contribution is 2.37. The Morgan fingerprint density at radius 3 is 1.72 bits per heavy atom. The molecule has 0 bridgehead atoms. The van der Waals surface area contributed by atoms with Gasteiger partial charge >= 0.3 is 0 Å². The molecule has 1 aliphatic rings. The Bertz CT molecular complexity index is 817. The lowest BCUT2D eigenvalue weighted by atomic mass is 9.78. The molecular formula is C25H32. The van der Waals surface area contributed by atoms with Crippen LogP contribution in [0.25, 0.3) is 11.6 Å². The van der Waals surface area contributed by atoms with Gasteiger partial charge in [0, 0.05) is 0 Å². The maximum atomic E-state index is 2.41. The van der Waals surface area contributed by atoms with Crippen LogP contribution in [0.2, 0.25) is 0 Å². The summed E-state index contributed by atoms with van der Waals surface area (Å²) in [5, 5.41) is 0. The van der Waals surface area contributed by atoms with Crippen molar-refractivity contribution in [2.24, 2.45) is 0 Å². The molecule has 2 aromatic carbocycles. The molecule has 0 fully saturated rings. The lowest BCUT2D eigenvalue weighted by molar-refractivity contribution is 0.568. The van der Waals surface area contributed by atoms with Gasteiger partial charge in [0.1, 0.15) is 0 Å². The minimum Gasteiger partial charge on any atom is -0.0561 e. The first-order valence-corrected chi connectivity index (χ1v) is 9.42. The van der Waals surface area contributed by atoms with Crippen LogP contribution in [0, 0.1) is 13.8 Å². The van der Waals surface area contributed by atoms with Crippen LogP contribution in [0.5, 0.6) is 0 Å². The molecule has 0 atom stereocenters. The zero-order chi connectivity index (χ0) is 18.6. The molecule has 0 unspecified atom stereocenters. The smallest absolute Gasteiger partial charge is 0.00136 e. The minimum absolute atomic E-state index is 0.162. The molecule has 132 valence electrons. The Hall–Kier alpha value is -1.82. The first kappa shape index (κ1) is 18.0. The summed E-state index contributed by atoms with van der Waals surface area (Å²) in [6, 6.07) is 11.9. The van der Waals surface area contributed by atoms with Crippen LogP contribution in [0.1, 0.15) is 80.5 Å². The van der Waals surface area contributed by atoms with Gasteiger partial charge < -0.3 is 0 Å². The van der Waals surface area contributed by atoms with Gasteiger partial charge in [-0.1, -0.05) is 78.0 Å². The van der Waals surface area contributed by atoms with Gasteiger partial charge in [0.25, 0.3) is 0 Å². The van der Waals surface area contributed by atoms with Crippen molar-refractivity contribution in [2.75, 3.05) is 0 Å². The van der Waals surface area contributed by atoms with Crippen LogP contribution >= 0.6 is 0 Å². The highest BCUT2D eigenvalue weighted by molar-refractivity contribution is 5.89. The molecule has 0 radical (unpaired) electrons. The molecule has 1 aliphatic carbocycles. The molecule has 0 saturated heterocycles. The molecule has 0 heterocycles. The van der Waals surface area contributed by atoms with Gasteiger partial charge in [0.05, 0.1) is 0 Å². The summed E-state index contributed by atoms with van der Waals surface area (Å²) >= 11 is 0. The lowest BCUT2D eigenvalue weighted by Crippen LogP contribution is -2.17. The third kappa shape index (κ3) is 3.59. The number of allylic oxidation sites excluding steroid dienone is 1. The zero-order valence-electron chi connectivity index (χ0n) is 17.2. The molecule has 2 aromatic rings. The predicted octanol–water partition coefficient (Wildman–Crippen LogP) is 7.00. The van der Waals surface area contributed by atoms with Gasteiger partial charge in [-0.25, -0.2) is 0 Å². The van der Waals surface area contributed by atoms with Crippen molar-refractivity contribution in [3.05, 3.63) is 69.3 Å². The van der Waals surface area contributed by atoms with E-state index in [1.165, 1.54) is 44.5 Å². The number of benzene rings is 2. The maximum absolute atomic E-state index is 2.41. The molecule has 0 saturated carbocycles. The summed E-state index contributed by atoms with van der Waals surface area (Å²) in [6.45, 7) is 18.3. The third-order valence-corrected chi connectivity index (χ3v) is 5.50. The molecule has 0 N–H and O–H groups in total. The Labute approximate surface area is 154 Å². The topological polar surface area (TPSA) is 0 Å². The highest BCUT2D eigenvalue weighted by atomic mass is 14.3. The second-order valence-electron chi connectivity index (χ2n) is 9.78. The van der Waals surface area contributed by atoms with E-state index in [0.29, 0.717) is 0 Å². The Kier molecular flexibility index (Phi) is 4.22. The number of hydrogen-bond acceptors (Lipinski definition) is 0. The van der Waals surface area contributed by atoms with E-state index in [-0.39, 0.29) is 10.8 Å². The van der Waals surface area contributed by atoms with Gasteiger partial charge in [-0.15, -0.1) is 0 Å². The first-order chi connectivity index (χ1) is 11.4. The van der Waals surface area contributed by atoms with E-state index in [1.807, 2.05) is 0 Å². The molecule has 3 rings (SSSR count). The number of hydrogen-bond donors (Lipinski definition) is 0. The SMILES string of the molecule is Cc1cc2c(cc1C)CC(c1cc(C(C)(C)C)cc(C(C)(C)C)c1)=C2. The van der Waals surface area contributed by atoms with E-state index in [9.17, 15) is 0 Å². The minimum atomic E-state index is 0.162. The second-order valence-corrected chi connectivity index (χ2v) is 9.78. The van der Waals surface area contributed by atoms with Gasteiger partial charge in [0.2, 0.25) is 0 Å². The summed E-state index contributed by atoms with van der Waals surface area (Å²) in [4.78, 5) is 0. The standard InChI is InChI=1S/C25H32/c1-16-9-18-11-20(12-19(18)10-17(16)2)21-13-22(24(3,4)5)15-23(14-21)25(6,7)8/h9-11,13-15H,12H2,1-8H3. The van der Waals surface area contributed by atoms with Gasteiger partial charge in [-0.2, -0.15) is 0 Å². The van der Waals surface area contributed by atoms with Crippen LogP contribution in [0.4, 0.5) is 0 Å². The van der Waals surface area contributed by atoms with E-state index in [0.717, 1.165) is 6.42 Å². The van der Waals surface area contributed by atoms with E-state index < -0.39 is 0 Å². The summed E-state index contributed by atoms with van der Waals surface area (Å²) in [6.07, 6.45) is 3.45. The van der Waals surface area contributed by atoms with Crippen molar-refractivity contribution >= 4 is 11.6 Å². The van der Waals surface area contributed by atoms with Crippen molar-refractivity contribution in [1.82, 2.24) is 0 Å². The third-order valence-electron chi connectivity index (χ3n) is 5.50. The van der Waals surface area contributed by atoms with Crippen LogP contribution in [0.15, 0.2) is 30.3 Å². The predicted molar refractivity (Wildman–Crippen MR) is 111 cm³/mol. The van der Waals surface area contributed by atoms with Crippen molar-refractivity contribution < 1.29 is 0 Å². The average molecular weight is 333 g/mol. The number of fused-ring (bicyclic) bond motifs is 1. The normalized spacial score (nSPS) is 14.5. The van der Waals surface area contributed by atoms with E-state index in [4.69, 9.17) is 0 Å². The second kappa shape index (κ2) is 5.87. The van der Waals surface area contributed by atoms with Crippen molar-refractivity contribution in [2.45, 2.75) is 72.6 Å². The molecule has 0 aromatic heterocycles. The number of aryl methyl sites for hydroxylation is 2. The van der Waals surface area contributed by atoms with Gasteiger partial charge in [0.15, 0.2) is 0 Å². The van der Waals surface area contributed by atoms with Crippen molar-refractivity contribution in [3.63, 3.8) is 0 Å². The molecule has 0 heteroatoms. The lowest BCUT2D eigenvalue weighted by Gasteiger charge is -2.26. The summed E-state index contributed by atoms with van der Waals surface area (Å²) in [5.74, 6) is 0. The molecule has 25 heavy (non-hydrogen) atoms. The Balaban J connectivity index is 2.10. The summed E-state index contributed by atoms with van der Waals surface area (Å²) in [5.41, 5.74) is 11.7. The van der Waals surface area contributed by atoms with Crippen LogP contribution in [-0.4, -0.2) is 0 Å². The fraction of sp³-hybridized carbons (Fsp3) is 0.440. The van der Waals surface area contributed by atoms with E-state index in [2.05, 4.69) is 91.8 Å². The monoisotopic (exact) mass is 332 g/mol. The van der Waals surface area contributed by atoms with E-state index in [1.54, 1.807) is 0 Å². The fourth-order valence-corrected chi connectivity index (χ4v) is 3.49. The zero-order valence-corrected chi connectivity index (χ0v) is 17.2. The molecule has 0 spiro atoms. The quantitative estimate of drug-likeness (QED) is 0.527. The largest absolute Gasteiger partial charge is 0.0561 e.